The molecule has 2 rings (SSSR count). The molecule has 0 unspecified atom stereocenters. The molecule has 0 spiro atoms. The minimum absolute atomic E-state index is 0.134. The van der Waals surface area contributed by atoms with Crippen molar-refractivity contribution in [1.82, 2.24) is 4.98 Å². The third-order valence-corrected chi connectivity index (χ3v) is 3.24. The zero-order chi connectivity index (χ0) is 11.4. The van der Waals surface area contributed by atoms with Crippen molar-refractivity contribution in [2.45, 2.75) is 44.6 Å². The summed E-state index contributed by atoms with van der Waals surface area (Å²) in [5.41, 5.74) is 7.30. The Bertz CT molecular complexity index is 328. The second-order valence-corrected chi connectivity index (χ2v) is 4.89. The highest BCUT2D eigenvalue weighted by Crippen LogP contribution is 2.26. The van der Waals surface area contributed by atoms with Crippen LogP contribution in [0.25, 0.3) is 0 Å². The minimum Gasteiger partial charge on any atom is -0.476 e. The summed E-state index contributed by atoms with van der Waals surface area (Å²) in [6.07, 6.45) is 7.71. The van der Waals surface area contributed by atoms with Crippen LogP contribution < -0.4 is 10.5 Å². The topological polar surface area (TPSA) is 48.1 Å². The Kier molecular flexibility index (Phi) is 3.44. The van der Waals surface area contributed by atoms with Gasteiger partial charge in [0.2, 0.25) is 5.88 Å². The summed E-state index contributed by atoms with van der Waals surface area (Å²) in [4.78, 5) is 4.22. The molecule has 0 aliphatic heterocycles. The zero-order valence-corrected chi connectivity index (χ0v) is 9.91. The molecular weight excluding hydrogens is 200 g/mol. The monoisotopic (exact) mass is 220 g/mol. The first kappa shape index (κ1) is 11.4. The molecule has 0 radical (unpaired) electrons. The van der Waals surface area contributed by atoms with Crippen molar-refractivity contribution in [2.75, 3.05) is 6.61 Å². The summed E-state index contributed by atoms with van der Waals surface area (Å²) in [5, 5.41) is 0. The van der Waals surface area contributed by atoms with E-state index in [1.165, 1.54) is 19.3 Å². The number of aryl methyl sites for hydroxylation is 1. The van der Waals surface area contributed by atoms with Gasteiger partial charge >= 0.3 is 0 Å². The van der Waals surface area contributed by atoms with Gasteiger partial charge in [-0.05, 0) is 25.3 Å². The van der Waals surface area contributed by atoms with E-state index < -0.39 is 0 Å². The van der Waals surface area contributed by atoms with Crippen LogP contribution in [-0.4, -0.2) is 17.1 Å². The molecule has 1 aromatic rings. The first-order chi connectivity index (χ1) is 7.68. The number of nitrogens with two attached hydrogens (primary N) is 1. The third kappa shape index (κ3) is 2.95. The smallest absolute Gasteiger partial charge is 0.213 e. The van der Waals surface area contributed by atoms with Crippen molar-refractivity contribution < 1.29 is 4.74 Å². The molecule has 1 saturated carbocycles. The maximum atomic E-state index is 6.28. The van der Waals surface area contributed by atoms with E-state index >= 15 is 0 Å². The average molecular weight is 220 g/mol. The highest BCUT2D eigenvalue weighted by Gasteiger charge is 2.28. The Hall–Kier alpha value is -1.09. The summed E-state index contributed by atoms with van der Waals surface area (Å²) in [6, 6.07) is 3.91. The molecule has 0 saturated heterocycles. The zero-order valence-electron chi connectivity index (χ0n) is 9.91. The van der Waals surface area contributed by atoms with Gasteiger partial charge in [-0.3, -0.25) is 0 Å². The maximum Gasteiger partial charge on any atom is 0.213 e. The first-order valence-corrected chi connectivity index (χ1v) is 6.02. The second-order valence-electron chi connectivity index (χ2n) is 4.89. The maximum absolute atomic E-state index is 6.28. The summed E-state index contributed by atoms with van der Waals surface area (Å²) in [5.74, 6) is 0.681. The minimum atomic E-state index is -0.134. The van der Waals surface area contributed by atoms with Gasteiger partial charge in [0.25, 0.3) is 0 Å². The Balaban J connectivity index is 1.88. The van der Waals surface area contributed by atoms with Gasteiger partial charge in [0.15, 0.2) is 0 Å². The number of ether oxygens (including phenoxy) is 1. The standard InChI is InChI=1S/C13H20N2O/c1-11-5-6-12(15-9-11)16-10-13(14)7-3-2-4-8-13/h5-6,9H,2-4,7-8,10,14H2,1H3. The molecule has 1 aliphatic rings. The van der Waals surface area contributed by atoms with Gasteiger partial charge in [0.05, 0.1) is 5.54 Å². The molecule has 3 heteroatoms. The van der Waals surface area contributed by atoms with Gasteiger partial charge in [-0.2, -0.15) is 0 Å². The number of hydrogen-bond donors (Lipinski definition) is 1. The summed E-state index contributed by atoms with van der Waals surface area (Å²) in [6.45, 7) is 2.60. The molecule has 1 heterocycles. The molecule has 1 aliphatic carbocycles. The van der Waals surface area contributed by atoms with Crippen molar-refractivity contribution in [3.63, 3.8) is 0 Å². The fraction of sp³-hybridized carbons (Fsp3) is 0.615. The molecule has 1 fully saturated rings. The van der Waals surface area contributed by atoms with Crippen molar-refractivity contribution in [3.05, 3.63) is 23.9 Å². The highest BCUT2D eigenvalue weighted by atomic mass is 16.5. The number of pyridine rings is 1. The van der Waals surface area contributed by atoms with Gasteiger partial charge in [0, 0.05) is 12.3 Å². The SMILES string of the molecule is Cc1ccc(OCC2(N)CCCCC2)nc1. The summed E-state index contributed by atoms with van der Waals surface area (Å²) < 4.78 is 5.67. The van der Waals surface area contributed by atoms with Gasteiger partial charge < -0.3 is 10.5 Å². The van der Waals surface area contributed by atoms with Crippen molar-refractivity contribution >= 4 is 0 Å². The van der Waals surface area contributed by atoms with Crippen LogP contribution in [-0.2, 0) is 0 Å². The number of hydrogen-bond acceptors (Lipinski definition) is 3. The highest BCUT2D eigenvalue weighted by molar-refractivity contribution is 5.16. The largest absolute Gasteiger partial charge is 0.476 e. The molecule has 1 aromatic heterocycles. The molecule has 0 aromatic carbocycles. The molecule has 0 amide bonds. The van der Waals surface area contributed by atoms with Gasteiger partial charge in [-0.25, -0.2) is 4.98 Å². The van der Waals surface area contributed by atoms with Crippen LogP contribution in [0, 0.1) is 6.92 Å². The Morgan fingerprint density at radius 2 is 2.06 bits per heavy atom. The lowest BCUT2D eigenvalue weighted by Gasteiger charge is -2.32. The predicted molar refractivity (Wildman–Crippen MR) is 64.5 cm³/mol. The van der Waals surface area contributed by atoms with Crippen LogP contribution in [0.5, 0.6) is 5.88 Å². The van der Waals surface area contributed by atoms with Crippen molar-refractivity contribution in [2.24, 2.45) is 5.73 Å². The molecule has 0 atom stereocenters. The second kappa shape index (κ2) is 4.83. The van der Waals surface area contributed by atoms with E-state index in [0.29, 0.717) is 12.5 Å². The quantitative estimate of drug-likeness (QED) is 0.851. The van der Waals surface area contributed by atoms with E-state index in [0.717, 1.165) is 18.4 Å². The molecule has 2 N–H and O–H groups in total. The molecule has 16 heavy (non-hydrogen) atoms. The Morgan fingerprint density at radius 3 is 2.69 bits per heavy atom. The summed E-state index contributed by atoms with van der Waals surface area (Å²) in [7, 11) is 0. The van der Waals surface area contributed by atoms with E-state index in [-0.39, 0.29) is 5.54 Å². The third-order valence-electron chi connectivity index (χ3n) is 3.24. The van der Waals surface area contributed by atoms with Crippen LogP contribution in [0.4, 0.5) is 0 Å². The van der Waals surface area contributed by atoms with Crippen LogP contribution in [0.1, 0.15) is 37.7 Å². The Morgan fingerprint density at radius 1 is 1.31 bits per heavy atom. The van der Waals surface area contributed by atoms with Crippen LogP contribution in [0.2, 0.25) is 0 Å². The van der Waals surface area contributed by atoms with Crippen LogP contribution in [0.15, 0.2) is 18.3 Å². The van der Waals surface area contributed by atoms with E-state index in [2.05, 4.69) is 4.98 Å². The van der Waals surface area contributed by atoms with Crippen molar-refractivity contribution in [1.29, 1.82) is 0 Å². The lowest BCUT2D eigenvalue weighted by Crippen LogP contribution is -2.47. The van der Waals surface area contributed by atoms with E-state index in [1.54, 1.807) is 0 Å². The van der Waals surface area contributed by atoms with Gasteiger partial charge in [-0.15, -0.1) is 0 Å². The fourth-order valence-corrected chi connectivity index (χ4v) is 2.16. The normalized spacial score (nSPS) is 19.4. The lowest BCUT2D eigenvalue weighted by molar-refractivity contribution is 0.169. The Labute approximate surface area is 97.0 Å². The van der Waals surface area contributed by atoms with Gasteiger partial charge in [-0.1, -0.05) is 25.3 Å². The lowest BCUT2D eigenvalue weighted by atomic mass is 9.83. The van der Waals surface area contributed by atoms with E-state index in [9.17, 15) is 0 Å². The number of rotatable bonds is 3. The molecule has 3 nitrogen and oxygen atoms in total. The number of nitrogens with zero attached hydrogens (tertiary/aromatic N) is 1. The van der Waals surface area contributed by atoms with Crippen molar-refractivity contribution in [3.8, 4) is 5.88 Å². The summed E-state index contributed by atoms with van der Waals surface area (Å²) >= 11 is 0. The van der Waals surface area contributed by atoms with Crippen LogP contribution in [0.3, 0.4) is 0 Å². The van der Waals surface area contributed by atoms with E-state index in [1.807, 2.05) is 25.3 Å². The molecule has 88 valence electrons. The molecular formula is C13H20N2O. The van der Waals surface area contributed by atoms with Gasteiger partial charge in [0.1, 0.15) is 6.61 Å². The average Bonchev–Trinajstić information content (AvgIpc) is 2.29. The predicted octanol–water partition coefficient (Wildman–Crippen LogP) is 2.43. The van der Waals surface area contributed by atoms with E-state index in [4.69, 9.17) is 10.5 Å². The van der Waals surface area contributed by atoms with Crippen LogP contribution >= 0.6 is 0 Å². The molecule has 0 bridgehead atoms. The number of aromatic nitrogens is 1. The fourth-order valence-electron chi connectivity index (χ4n) is 2.16. The first-order valence-electron chi connectivity index (χ1n) is 6.02.